The van der Waals surface area contributed by atoms with Gasteiger partial charge in [-0.1, -0.05) is 91.0 Å². The van der Waals surface area contributed by atoms with E-state index in [-0.39, 0.29) is 0 Å². The summed E-state index contributed by atoms with van der Waals surface area (Å²) >= 11 is 0. The van der Waals surface area contributed by atoms with Crippen LogP contribution in [0.5, 0.6) is 0 Å². The molecular formula is C46H29N6OP. The molecule has 7 nitrogen and oxygen atoms in total. The molecule has 0 N–H and O–H groups in total. The smallest absolute Gasteiger partial charge is 0.171 e. The second-order valence-electron chi connectivity index (χ2n) is 13.5. The maximum Gasteiger partial charge on any atom is 0.171 e. The van der Waals surface area contributed by atoms with Crippen molar-refractivity contribution in [1.29, 1.82) is 0 Å². The summed E-state index contributed by atoms with van der Waals surface area (Å²) < 4.78 is 20.0. The first-order chi connectivity index (χ1) is 26.6. The molecule has 11 rings (SSSR count). The molecule has 0 saturated heterocycles. The molecule has 0 spiro atoms. The van der Waals surface area contributed by atoms with E-state index in [9.17, 15) is 0 Å². The summed E-state index contributed by atoms with van der Waals surface area (Å²) in [6, 6.07) is 58.4. The molecule has 4 aromatic heterocycles. The molecule has 0 aliphatic heterocycles. The predicted molar refractivity (Wildman–Crippen MR) is 221 cm³/mol. The van der Waals surface area contributed by atoms with E-state index in [1.165, 1.54) is 0 Å². The molecular weight excluding hydrogens is 684 g/mol. The number of aromatic nitrogens is 6. The van der Waals surface area contributed by atoms with Crippen molar-refractivity contribution in [2.75, 3.05) is 0 Å². The molecule has 0 aliphatic carbocycles. The highest BCUT2D eigenvalue weighted by molar-refractivity contribution is 7.85. The first kappa shape index (κ1) is 30.7. The highest BCUT2D eigenvalue weighted by Crippen LogP contribution is 2.43. The third kappa shape index (κ3) is 4.52. The molecule has 8 heteroatoms. The maximum absolute atomic E-state index is 15.7. The van der Waals surface area contributed by atoms with Gasteiger partial charge in [0.25, 0.3) is 0 Å². The number of benzene rings is 7. The summed E-state index contributed by atoms with van der Waals surface area (Å²) in [7, 11) is -3.30. The Labute approximate surface area is 309 Å². The van der Waals surface area contributed by atoms with Crippen LogP contribution in [0.3, 0.4) is 0 Å². The molecule has 0 aliphatic rings. The van der Waals surface area contributed by atoms with Crippen molar-refractivity contribution in [1.82, 2.24) is 29.1 Å². The van der Waals surface area contributed by atoms with Crippen molar-refractivity contribution in [2.24, 2.45) is 0 Å². The highest BCUT2D eigenvalue weighted by atomic mass is 31.2. The number of hydrogen-bond acceptors (Lipinski definition) is 5. The van der Waals surface area contributed by atoms with Gasteiger partial charge in [0, 0.05) is 38.1 Å². The topological polar surface area (TPSA) is 78.5 Å². The third-order valence-corrected chi connectivity index (χ3v) is 13.5. The van der Waals surface area contributed by atoms with E-state index < -0.39 is 7.14 Å². The van der Waals surface area contributed by atoms with Crippen molar-refractivity contribution in [3.63, 3.8) is 0 Å². The molecule has 0 fully saturated rings. The summed E-state index contributed by atoms with van der Waals surface area (Å²) in [5.74, 6) is 0. The van der Waals surface area contributed by atoms with Crippen LogP contribution in [0, 0.1) is 0 Å². The molecule has 254 valence electrons. The fourth-order valence-electron chi connectivity index (χ4n) is 7.85. The lowest BCUT2D eigenvalue weighted by molar-refractivity contribution is 0.592. The van der Waals surface area contributed by atoms with Crippen LogP contribution in [0.25, 0.3) is 77.6 Å². The van der Waals surface area contributed by atoms with Crippen molar-refractivity contribution in [3.8, 4) is 11.4 Å². The third-order valence-electron chi connectivity index (χ3n) is 10.4. The molecule has 0 unspecified atom stereocenters. The first-order valence-corrected chi connectivity index (χ1v) is 19.6. The highest BCUT2D eigenvalue weighted by Gasteiger charge is 2.30. The van der Waals surface area contributed by atoms with E-state index in [1.54, 1.807) is 0 Å². The minimum absolute atomic E-state index is 0.747. The van der Waals surface area contributed by atoms with Crippen LogP contribution in [0.2, 0.25) is 0 Å². The molecule has 0 amide bonds. The Hall–Kier alpha value is -6.95. The van der Waals surface area contributed by atoms with Crippen LogP contribution in [-0.2, 0) is 4.57 Å². The van der Waals surface area contributed by atoms with Crippen molar-refractivity contribution < 1.29 is 4.57 Å². The van der Waals surface area contributed by atoms with Gasteiger partial charge in [-0.15, -0.1) is 0 Å². The van der Waals surface area contributed by atoms with Crippen LogP contribution in [0.4, 0.5) is 0 Å². The van der Waals surface area contributed by atoms with Gasteiger partial charge >= 0.3 is 0 Å². The lowest BCUT2D eigenvalue weighted by atomic mass is 10.2. The SMILES string of the molecule is O=P(c1ccccc1)(c1ccc(-n2c3ccccc3c3nc4ccccc4nc32)cc1)c1ccc(-n2c3ccccc3c3nc4ccccc4nc32)cc1. The van der Waals surface area contributed by atoms with Crippen molar-refractivity contribution >= 4 is 89.3 Å². The quantitative estimate of drug-likeness (QED) is 0.166. The van der Waals surface area contributed by atoms with Gasteiger partial charge in [0.1, 0.15) is 11.0 Å². The van der Waals surface area contributed by atoms with Crippen LogP contribution >= 0.6 is 7.14 Å². The van der Waals surface area contributed by atoms with E-state index >= 15 is 4.57 Å². The lowest BCUT2D eigenvalue weighted by Gasteiger charge is -2.21. The zero-order valence-corrected chi connectivity index (χ0v) is 29.7. The van der Waals surface area contributed by atoms with E-state index in [0.717, 1.165) is 93.5 Å². The Morgan fingerprint density at radius 1 is 0.352 bits per heavy atom. The van der Waals surface area contributed by atoms with E-state index in [1.807, 2.05) is 152 Å². The molecule has 0 saturated carbocycles. The van der Waals surface area contributed by atoms with Crippen molar-refractivity contribution in [2.45, 2.75) is 0 Å². The van der Waals surface area contributed by atoms with Crippen LogP contribution in [0.1, 0.15) is 0 Å². The molecule has 0 atom stereocenters. The Morgan fingerprint density at radius 3 is 1.15 bits per heavy atom. The number of hydrogen-bond donors (Lipinski definition) is 0. The zero-order chi connectivity index (χ0) is 35.8. The second kappa shape index (κ2) is 11.8. The van der Waals surface area contributed by atoms with Crippen LogP contribution in [-0.4, -0.2) is 29.1 Å². The number of rotatable bonds is 5. The van der Waals surface area contributed by atoms with Gasteiger partial charge in [-0.05, 0) is 84.9 Å². The predicted octanol–water partition coefficient (Wildman–Crippen LogP) is 9.41. The monoisotopic (exact) mass is 712 g/mol. The Kier molecular flexibility index (Phi) is 6.69. The van der Waals surface area contributed by atoms with Gasteiger partial charge in [0.05, 0.1) is 33.1 Å². The summed E-state index contributed by atoms with van der Waals surface area (Å²) in [5.41, 5.74) is 10.5. The molecule has 11 aromatic rings. The number of fused-ring (bicyclic) bond motifs is 8. The number of para-hydroxylation sites is 6. The summed E-state index contributed by atoms with van der Waals surface area (Å²) in [6.45, 7) is 0. The minimum Gasteiger partial charge on any atom is -0.309 e. The zero-order valence-electron chi connectivity index (χ0n) is 28.8. The lowest BCUT2D eigenvalue weighted by Crippen LogP contribution is -2.25. The summed E-state index contributed by atoms with van der Waals surface area (Å²) in [6.07, 6.45) is 0. The average molecular weight is 713 g/mol. The second-order valence-corrected chi connectivity index (χ2v) is 16.2. The molecule has 0 radical (unpaired) electrons. The van der Waals surface area contributed by atoms with Gasteiger partial charge < -0.3 is 4.57 Å². The molecule has 0 bridgehead atoms. The molecule has 54 heavy (non-hydrogen) atoms. The van der Waals surface area contributed by atoms with Gasteiger partial charge in [0.2, 0.25) is 0 Å². The fraction of sp³-hybridized carbons (Fsp3) is 0. The Balaban J connectivity index is 1.05. The largest absolute Gasteiger partial charge is 0.309 e. The normalized spacial score (nSPS) is 12.1. The van der Waals surface area contributed by atoms with E-state index in [0.29, 0.717) is 0 Å². The molecule has 7 aromatic carbocycles. The Morgan fingerprint density at radius 2 is 0.704 bits per heavy atom. The van der Waals surface area contributed by atoms with Crippen LogP contribution < -0.4 is 15.9 Å². The van der Waals surface area contributed by atoms with Crippen molar-refractivity contribution in [3.05, 3.63) is 176 Å². The van der Waals surface area contributed by atoms with Gasteiger partial charge in [-0.3, -0.25) is 9.13 Å². The Bertz CT molecular complexity index is 3100. The standard InChI is InChI=1S/C46H29N6OP/c53-54(32-12-2-1-3-13-32,33-26-22-30(23-27-33)51-41-20-10-4-14-35(41)43-45(51)49-39-18-8-6-16-37(39)47-43)34-28-24-31(25-29-34)52-42-21-11-5-15-36(42)44-46(52)50-40-19-9-7-17-38(40)48-44/h1-29H. The van der Waals surface area contributed by atoms with E-state index in [4.69, 9.17) is 19.9 Å². The maximum atomic E-state index is 15.7. The van der Waals surface area contributed by atoms with E-state index in [2.05, 4.69) is 33.4 Å². The first-order valence-electron chi connectivity index (χ1n) is 17.8. The van der Waals surface area contributed by atoms with Gasteiger partial charge in [-0.2, -0.15) is 0 Å². The fourth-order valence-corrected chi connectivity index (χ4v) is 10.5. The van der Waals surface area contributed by atoms with Crippen LogP contribution in [0.15, 0.2) is 176 Å². The number of nitrogens with zero attached hydrogens (tertiary/aromatic N) is 6. The van der Waals surface area contributed by atoms with Gasteiger partial charge in [0.15, 0.2) is 18.4 Å². The summed E-state index contributed by atoms with van der Waals surface area (Å²) in [4.78, 5) is 20.2. The molecule has 4 heterocycles. The summed E-state index contributed by atoms with van der Waals surface area (Å²) in [5, 5.41) is 4.34. The van der Waals surface area contributed by atoms with Gasteiger partial charge in [-0.25, -0.2) is 19.9 Å². The average Bonchev–Trinajstić information content (AvgIpc) is 3.73. The minimum atomic E-state index is -3.30.